The monoisotopic (exact) mass is 401 g/mol. The highest BCUT2D eigenvalue weighted by Gasteiger charge is 2.20. The summed E-state index contributed by atoms with van der Waals surface area (Å²) in [6.07, 6.45) is 1.29. The summed E-state index contributed by atoms with van der Waals surface area (Å²) in [6.45, 7) is 4.54. The molecule has 1 aromatic carbocycles. The number of benzene rings is 1. The van der Waals surface area contributed by atoms with E-state index in [0.717, 1.165) is 5.56 Å². The van der Waals surface area contributed by atoms with Crippen LogP contribution in [-0.4, -0.2) is 53.9 Å². The Hall–Kier alpha value is -2.98. The molecule has 1 saturated heterocycles. The third-order valence-electron chi connectivity index (χ3n) is 4.41. The molecule has 10 heteroatoms. The molecule has 4 rings (SSSR count). The number of aryl methyl sites for hydroxylation is 1. The van der Waals surface area contributed by atoms with E-state index in [2.05, 4.69) is 15.4 Å². The lowest BCUT2D eigenvalue weighted by Crippen LogP contribution is -2.36. The normalized spacial score (nSPS) is 14.3. The lowest BCUT2D eigenvalue weighted by molar-refractivity contribution is 0.102. The highest BCUT2D eigenvalue weighted by Crippen LogP contribution is 2.26. The van der Waals surface area contributed by atoms with Gasteiger partial charge in [-0.25, -0.2) is 4.98 Å². The van der Waals surface area contributed by atoms with Crippen molar-refractivity contribution in [1.82, 2.24) is 14.6 Å². The number of aromatic nitrogens is 3. The number of carbonyl (C=O) groups is 1. The molecule has 1 aliphatic rings. The fourth-order valence-corrected chi connectivity index (χ4v) is 3.84. The number of morpholine rings is 1. The van der Waals surface area contributed by atoms with Crippen LogP contribution in [0, 0.1) is 6.92 Å². The summed E-state index contributed by atoms with van der Waals surface area (Å²) in [6, 6.07) is 5.41. The maximum atomic E-state index is 12.8. The molecule has 0 unspecified atom stereocenters. The quantitative estimate of drug-likeness (QED) is 0.708. The third-order valence-corrected chi connectivity index (χ3v) is 5.39. The van der Waals surface area contributed by atoms with Crippen LogP contribution in [0.25, 0.3) is 4.96 Å². The van der Waals surface area contributed by atoms with Crippen molar-refractivity contribution in [3.05, 3.63) is 45.9 Å². The van der Waals surface area contributed by atoms with Gasteiger partial charge in [-0.15, -0.1) is 5.10 Å². The molecule has 146 valence electrons. The SMILES string of the molecule is COc1ccc(C)cc1NC(=O)c1cnc2sc(N3CCOCC3)nn2c1=O. The standard InChI is InChI=1S/C18H19N5O4S/c1-11-3-4-14(26-2)13(9-11)20-15(24)12-10-19-17-23(16(12)25)21-18(28-17)22-5-7-27-8-6-22/h3-4,9-10H,5-8H2,1-2H3,(H,20,24). The van der Waals surface area contributed by atoms with Crippen molar-refractivity contribution in [2.24, 2.45) is 0 Å². The van der Waals surface area contributed by atoms with Gasteiger partial charge in [-0.05, 0) is 24.6 Å². The molecule has 0 atom stereocenters. The lowest BCUT2D eigenvalue weighted by atomic mass is 10.2. The molecular formula is C18H19N5O4S. The smallest absolute Gasteiger partial charge is 0.288 e. The summed E-state index contributed by atoms with van der Waals surface area (Å²) in [5.41, 5.74) is 0.852. The van der Waals surface area contributed by atoms with Crippen molar-refractivity contribution < 1.29 is 14.3 Å². The van der Waals surface area contributed by atoms with Crippen molar-refractivity contribution in [3.8, 4) is 5.75 Å². The van der Waals surface area contributed by atoms with Crippen LogP contribution < -0.4 is 20.5 Å². The maximum Gasteiger partial charge on any atom is 0.288 e. The van der Waals surface area contributed by atoms with E-state index < -0.39 is 11.5 Å². The third kappa shape index (κ3) is 3.43. The Balaban J connectivity index is 1.65. The highest BCUT2D eigenvalue weighted by atomic mass is 32.1. The summed E-state index contributed by atoms with van der Waals surface area (Å²) in [5.74, 6) is -0.0481. The average molecular weight is 401 g/mol. The van der Waals surface area contributed by atoms with E-state index in [0.29, 0.717) is 47.8 Å². The molecule has 1 aliphatic heterocycles. The second-order valence-electron chi connectivity index (χ2n) is 6.31. The van der Waals surface area contributed by atoms with Crippen LogP contribution in [0.1, 0.15) is 15.9 Å². The predicted octanol–water partition coefficient (Wildman–Crippen LogP) is 1.56. The topological polar surface area (TPSA) is 98.1 Å². The Morgan fingerprint density at radius 1 is 1.32 bits per heavy atom. The van der Waals surface area contributed by atoms with Crippen LogP contribution in [0.15, 0.2) is 29.2 Å². The first-order valence-electron chi connectivity index (χ1n) is 8.74. The van der Waals surface area contributed by atoms with Gasteiger partial charge in [-0.1, -0.05) is 17.4 Å². The Labute approximate surface area is 164 Å². The molecule has 0 spiro atoms. The summed E-state index contributed by atoms with van der Waals surface area (Å²) >= 11 is 1.31. The van der Waals surface area contributed by atoms with E-state index in [9.17, 15) is 9.59 Å². The van der Waals surface area contributed by atoms with E-state index in [-0.39, 0.29) is 5.56 Å². The van der Waals surface area contributed by atoms with Crippen molar-refractivity contribution in [2.75, 3.05) is 43.6 Å². The fraction of sp³-hybridized carbons (Fsp3) is 0.333. The van der Waals surface area contributed by atoms with Gasteiger partial charge in [0, 0.05) is 19.3 Å². The number of methoxy groups -OCH3 is 1. The van der Waals surface area contributed by atoms with Gasteiger partial charge in [0.2, 0.25) is 10.1 Å². The Bertz CT molecular complexity index is 1090. The lowest BCUT2D eigenvalue weighted by Gasteiger charge is -2.25. The Kier molecular flexibility index (Phi) is 4.97. The Morgan fingerprint density at radius 2 is 2.11 bits per heavy atom. The highest BCUT2D eigenvalue weighted by molar-refractivity contribution is 7.20. The van der Waals surface area contributed by atoms with Gasteiger partial charge in [0.1, 0.15) is 11.3 Å². The first-order valence-corrected chi connectivity index (χ1v) is 9.56. The number of amides is 1. The molecule has 0 saturated carbocycles. The molecule has 0 aliphatic carbocycles. The first kappa shape index (κ1) is 18.4. The number of rotatable bonds is 4. The molecule has 28 heavy (non-hydrogen) atoms. The van der Waals surface area contributed by atoms with E-state index in [1.54, 1.807) is 12.1 Å². The van der Waals surface area contributed by atoms with E-state index in [1.807, 2.05) is 17.9 Å². The summed E-state index contributed by atoms with van der Waals surface area (Å²) in [4.78, 5) is 32.2. The second-order valence-corrected chi connectivity index (χ2v) is 7.25. The van der Waals surface area contributed by atoms with Gasteiger partial charge in [0.05, 0.1) is 26.0 Å². The minimum atomic E-state index is -0.559. The average Bonchev–Trinajstić information content (AvgIpc) is 3.14. The number of nitrogens with zero attached hydrogens (tertiary/aromatic N) is 4. The fourth-order valence-electron chi connectivity index (χ4n) is 2.92. The molecule has 1 amide bonds. The van der Waals surface area contributed by atoms with Crippen molar-refractivity contribution in [1.29, 1.82) is 0 Å². The molecule has 3 heterocycles. The van der Waals surface area contributed by atoms with Gasteiger partial charge >= 0.3 is 0 Å². The van der Waals surface area contributed by atoms with Crippen LogP contribution in [0.3, 0.4) is 0 Å². The molecule has 1 N–H and O–H groups in total. The zero-order valence-corrected chi connectivity index (χ0v) is 16.3. The van der Waals surface area contributed by atoms with Crippen molar-refractivity contribution >= 4 is 33.0 Å². The Morgan fingerprint density at radius 3 is 2.86 bits per heavy atom. The molecule has 2 aromatic heterocycles. The molecule has 0 radical (unpaired) electrons. The van der Waals surface area contributed by atoms with Crippen molar-refractivity contribution in [2.45, 2.75) is 6.92 Å². The molecule has 0 bridgehead atoms. The largest absolute Gasteiger partial charge is 0.495 e. The van der Waals surface area contributed by atoms with Crippen LogP contribution in [-0.2, 0) is 4.74 Å². The van der Waals surface area contributed by atoms with Gasteiger partial charge < -0.3 is 19.7 Å². The number of nitrogens with one attached hydrogen (secondary N) is 1. The van der Waals surface area contributed by atoms with Gasteiger partial charge in [-0.3, -0.25) is 9.59 Å². The first-order chi connectivity index (χ1) is 13.6. The summed E-state index contributed by atoms with van der Waals surface area (Å²) < 4.78 is 11.8. The van der Waals surface area contributed by atoms with Crippen molar-refractivity contribution in [3.63, 3.8) is 0 Å². The summed E-state index contributed by atoms with van der Waals surface area (Å²) in [7, 11) is 1.52. The van der Waals surface area contributed by atoms with E-state index in [1.165, 1.54) is 29.2 Å². The zero-order valence-electron chi connectivity index (χ0n) is 15.5. The predicted molar refractivity (Wildman–Crippen MR) is 106 cm³/mol. The minimum Gasteiger partial charge on any atom is -0.495 e. The summed E-state index contributed by atoms with van der Waals surface area (Å²) in [5, 5.41) is 7.77. The van der Waals surface area contributed by atoms with Crippen LogP contribution in [0.4, 0.5) is 10.8 Å². The zero-order chi connectivity index (χ0) is 19.7. The number of ether oxygens (including phenoxy) is 2. The molecule has 3 aromatic rings. The van der Waals surface area contributed by atoms with Gasteiger partial charge in [0.15, 0.2) is 0 Å². The number of hydrogen-bond donors (Lipinski definition) is 1. The van der Waals surface area contributed by atoms with Crippen LogP contribution in [0.5, 0.6) is 5.75 Å². The number of hydrogen-bond acceptors (Lipinski definition) is 8. The minimum absolute atomic E-state index is 0.0834. The maximum absolute atomic E-state index is 12.8. The van der Waals surface area contributed by atoms with Crippen LogP contribution in [0.2, 0.25) is 0 Å². The number of fused-ring (bicyclic) bond motifs is 1. The van der Waals surface area contributed by atoms with Gasteiger partial charge in [-0.2, -0.15) is 4.52 Å². The number of anilines is 2. The van der Waals surface area contributed by atoms with Crippen LogP contribution >= 0.6 is 11.3 Å². The molecular weight excluding hydrogens is 382 g/mol. The number of carbonyl (C=O) groups excluding carboxylic acids is 1. The van der Waals surface area contributed by atoms with Gasteiger partial charge in [0.25, 0.3) is 11.5 Å². The second kappa shape index (κ2) is 7.56. The molecule has 1 fully saturated rings. The van der Waals surface area contributed by atoms with E-state index >= 15 is 0 Å². The molecule has 9 nitrogen and oxygen atoms in total. The van der Waals surface area contributed by atoms with E-state index in [4.69, 9.17) is 9.47 Å².